The van der Waals surface area contributed by atoms with Crippen molar-refractivity contribution >= 4 is 0 Å². The van der Waals surface area contributed by atoms with Gasteiger partial charge in [0, 0.05) is 5.69 Å². The molecule has 0 aliphatic rings. The van der Waals surface area contributed by atoms with Crippen molar-refractivity contribution in [2.24, 2.45) is 0 Å². The third-order valence-corrected chi connectivity index (χ3v) is 1.94. The van der Waals surface area contributed by atoms with Crippen molar-refractivity contribution in [1.82, 2.24) is 14.9 Å². The Kier molecular flexibility index (Phi) is 2.69. The van der Waals surface area contributed by atoms with Gasteiger partial charge < -0.3 is 4.98 Å². The Morgan fingerprint density at radius 3 is 2.38 bits per heavy atom. The fourth-order valence-corrected chi connectivity index (χ4v) is 1.32. The summed E-state index contributed by atoms with van der Waals surface area (Å²) in [6, 6.07) is 1.96. The maximum absolute atomic E-state index is 8.94. The molecule has 0 fully saturated rings. The summed E-state index contributed by atoms with van der Waals surface area (Å²) in [4.78, 5) is 9.22. The van der Waals surface area contributed by atoms with Gasteiger partial charge in [0.2, 0.25) is 0 Å². The third kappa shape index (κ3) is 1.87. The molecule has 1 N–H and O–H groups in total. The molecule has 1 unspecified atom stereocenters. The molecule has 0 amide bonds. The van der Waals surface area contributed by atoms with Crippen LogP contribution in [0.15, 0.2) is 0 Å². The highest BCUT2D eigenvalue weighted by Crippen LogP contribution is 2.18. The van der Waals surface area contributed by atoms with E-state index in [1.54, 1.807) is 0 Å². The first kappa shape index (κ1) is 9.75. The largest absolute Gasteiger partial charge is 0.346 e. The number of H-pyrrole nitrogens is 1. The zero-order valence-electron chi connectivity index (χ0n) is 8.42. The van der Waals surface area contributed by atoms with Crippen LogP contribution in [0.5, 0.6) is 0 Å². The van der Waals surface area contributed by atoms with Crippen molar-refractivity contribution in [1.29, 1.82) is 5.26 Å². The fourth-order valence-electron chi connectivity index (χ4n) is 1.32. The van der Waals surface area contributed by atoms with Gasteiger partial charge in [-0.3, -0.25) is 4.90 Å². The molecule has 1 heterocycles. The summed E-state index contributed by atoms with van der Waals surface area (Å²) in [7, 11) is 3.74. The molecule has 0 bridgehead atoms. The molecule has 0 aliphatic heterocycles. The molecule has 0 saturated carbocycles. The summed E-state index contributed by atoms with van der Waals surface area (Å²) >= 11 is 0. The first-order chi connectivity index (χ1) is 6.06. The Morgan fingerprint density at radius 1 is 1.46 bits per heavy atom. The van der Waals surface area contributed by atoms with Crippen molar-refractivity contribution < 1.29 is 0 Å². The van der Waals surface area contributed by atoms with E-state index in [0.29, 0.717) is 0 Å². The first-order valence-electron chi connectivity index (χ1n) is 4.15. The predicted octanol–water partition coefficient (Wildman–Crippen LogP) is 1.15. The second-order valence-corrected chi connectivity index (χ2v) is 3.33. The molecule has 0 saturated heterocycles. The minimum atomic E-state index is -0.259. The molecule has 4 heteroatoms. The summed E-state index contributed by atoms with van der Waals surface area (Å²) in [6.07, 6.45) is 0. The van der Waals surface area contributed by atoms with Crippen LogP contribution in [0, 0.1) is 25.2 Å². The van der Waals surface area contributed by atoms with Crippen LogP contribution in [0.25, 0.3) is 0 Å². The van der Waals surface area contributed by atoms with Crippen molar-refractivity contribution in [3.63, 3.8) is 0 Å². The van der Waals surface area contributed by atoms with Gasteiger partial charge in [-0.05, 0) is 27.9 Å². The normalized spacial score (nSPS) is 12.9. The van der Waals surface area contributed by atoms with Crippen molar-refractivity contribution in [2.75, 3.05) is 14.1 Å². The number of aromatic amines is 1. The molecular formula is C9H14N4. The number of aromatic nitrogens is 2. The summed E-state index contributed by atoms with van der Waals surface area (Å²) < 4.78 is 0. The predicted molar refractivity (Wildman–Crippen MR) is 50.1 cm³/mol. The van der Waals surface area contributed by atoms with Crippen LogP contribution >= 0.6 is 0 Å². The third-order valence-electron chi connectivity index (χ3n) is 1.94. The van der Waals surface area contributed by atoms with Gasteiger partial charge in [0.05, 0.1) is 11.8 Å². The van der Waals surface area contributed by atoms with E-state index in [4.69, 9.17) is 5.26 Å². The lowest BCUT2D eigenvalue weighted by molar-refractivity contribution is 0.352. The summed E-state index contributed by atoms with van der Waals surface area (Å²) in [5, 5.41) is 8.94. The zero-order chi connectivity index (χ0) is 10.0. The zero-order valence-corrected chi connectivity index (χ0v) is 8.42. The van der Waals surface area contributed by atoms with Gasteiger partial charge in [-0.2, -0.15) is 5.26 Å². The highest BCUT2D eigenvalue weighted by atomic mass is 15.1. The number of rotatable bonds is 2. The summed E-state index contributed by atoms with van der Waals surface area (Å²) in [5.41, 5.74) is 1.79. The highest BCUT2D eigenvalue weighted by molar-refractivity contribution is 5.21. The van der Waals surface area contributed by atoms with Gasteiger partial charge in [0.1, 0.15) is 11.9 Å². The number of nitrogens with one attached hydrogen (secondary N) is 1. The van der Waals surface area contributed by atoms with E-state index in [9.17, 15) is 0 Å². The topological polar surface area (TPSA) is 55.7 Å². The molecule has 13 heavy (non-hydrogen) atoms. The van der Waals surface area contributed by atoms with Crippen molar-refractivity contribution in [3.8, 4) is 6.07 Å². The molecule has 0 aliphatic carbocycles. The van der Waals surface area contributed by atoms with E-state index < -0.39 is 0 Å². The van der Waals surface area contributed by atoms with Gasteiger partial charge in [-0.25, -0.2) is 4.98 Å². The lowest BCUT2D eigenvalue weighted by Crippen LogP contribution is -2.19. The van der Waals surface area contributed by atoms with Crippen LogP contribution in [-0.4, -0.2) is 29.0 Å². The number of hydrogen-bond acceptors (Lipinski definition) is 3. The molecule has 1 rings (SSSR count). The number of nitrogens with zero attached hydrogens (tertiary/aromatic N) is 3. The molecule has 70 valence electrons. The van der Waals surface area contributed by atoms with Gasteiger partial charge in [0.15, 0.2) is 0 Å². The first-order valence-corrected chi connectivity index (χ1v) is 4.15. The van der Waals surface area contributed by atoms with Crippen LogP contribution in [0.1, 0.15) is 23.3 Å². The standard InChI is InChI=1S/C9H14N4/c1-6-9(12-7(2)11-6)8(5-10)13(3)4/h8H,1-4H3,(H,11,12). The van der Waals surface area contributed by atoms with Gasteiger partial charge >= 0.3 is 0 Å². The van der Waals surface area contributed by atoms with E-state index in [0.717, 1.165) is 17.2 Å². The van der Waals surface area contributed by atoms with Gasteiger partial charge in [-0.1, -0.05) is 0 Å². The number of aryl methyl sites for hydroxylation is 2. The number of imidazole rings is 1. The highest BCUT2D eigenvalue weighted by Gasteiger charge is 2.18. The molecule has 4 nitrogen and oxygen atoms in total. The Labute approximate surface area is 78.2 Å². The van der Waals surface area contributed by atoms with E-state index >= 15 is 0 Å². The second kappa shape index (κ2) is 3.58. The lowest BCUT2D eigenvalue weighted by Gasteiger charge is -2.15. The quantitative estimate of drug-likeness (QED) is 0.739. The van der Waals surface area contributed by atoms with Crippen LogP contribution < -0.4 is 0 Å². The van der Waals surface area contributed by atoms with Crippen molar-refractivity contribution in [2.45, 2.75) is 19.9 Å². The van der Waals surface area contributed by atoms with Crippen LogP contribution in [-0.2, 0) is 0 Å². The molecule has 0 aromatic carbocycles. The Hall–Kier alpha value is -1.34. The lowest BCUT2D eigenvalue weighted by atomic mass is 10.2. The molecule has 1 atom stereocenters. The molecular weight excluding hydrogens is 164 g/mol. The average molecular weight is 178 g/mol. The number of nitriles is 1. The maximum atomic E-state index is 8.94. The minimum absolute atomic E-state index is 0.259. The van der Waals surface area contributed by atoms with Gasteiger partial charge in [-0.15, -0.1) is 0 Å². The van der Waals surface area contributed by atoms with E-state index in [1.807, 2.05) is 32.8 Å². The van der Waals surface area contributed by atoms with Crippen molar-refractivity contribution in [3.05, 3.63) is 17.2 Å². The Morgan fingerprint density at radius 2 is 2.08 bits per heavy atom. The minimum Gasteiger partial charge on any atom is -0.346 e. The number of hydrogen-bond donors (Lipinski definition) is 1. The van der Waals surface area contributed by atoms with E-state index in [2.05, 4.69) is 16.0 Å². The maximum Gasteiger partial charge on any atom is 0.142 e. The van der Waals surface area contributed by atoms with E-state index in [1.165, 1.54) is 0 Å². The smallest absolute Gasteiger partial charge is 0.142 e. The Balaban J connectivity index is 3.06. The molecule has 1 aromatic rings. The SMILES string of the molecule is Cc1nc(C(C#N)N(C)C)c(C)[nH]1. The van der Waals surface area contributed by atoms with E-state index in [-0.39, 0.29) is 6.04 Å². The van der Waals surface area contributed by atoms with Crippen LogP contribution in [0.3, 0.4) is 0 Å². The molecule has 0 spiro atoms. The molecule has 1 aromatic heterocycles. The fraction of sp³-hybridized carbons (Fsp3) is 0.556. The summed E-state index contributed by atoms with van der Waals surface area (Å²) in [5.74, 6) is 0.856. The van der Waals surface area contributed by atoms with Gasteiger partial charge in [0.25, 0.3) is 0 Å². The monoisotopic (exact) mass is 178 g/mol. The Bertz CT molecular complexity index is 332. The molecule has 0 radical (unpaired) electrons. The van der Waals surface area contributed by atoms with Crippen LogP contribution in [0.2, 0.25) is 0 Å². The average Bonchev–Trinajstić information content (AvgIpc) is 2.31. The van der Waals surface area contributed by atoms with Crippen LogP contribution in [0.4, 0.5) is 0 Å². The summed E-state index contributed by atoms with van der Waals surface area (Å²) in [6.45, 7) is 3.82. The second-order valence-electron chi connectivity index (χ2n) is 3.33.